The molecule has 0 aliphatic carbocycles. The summed E-state index contributed by atoms with van der Waals surface area (Å²) in [5.41, 5.74) is 1.02. The molecule has 1 aromatic carbocycles. The fraction of sp³-hybridized carbons (Fsp3) is 0.562. The summed E-state index contributed by atoms with van der Waals surface area (Å²) in [7, 11) is 1.65. The first-order valence-electron chi connectivity index (χ1n) is 7.40. The molecule has 1 N–H and O–H groups in total. The summed E-state index contributed by atoms with van der Waals surface area (Å²) in [6.07, 6.45) is 4.44. The SMILES string of the molecule is COc1ccccc1CNC(=O)CCN1CCCCC1. The second-order valence-corrected chi connectivity index (χ2v) is 5.24. The number of hydrogen-bond donors (Lipinski definition) is 1. The molecule has 0 saturated carbocycles. The molecule has 0 bridgehead atoms. The van der Waals surface area contributed by atoms with Crippen LogP contribution in [0.2, 0.25) is 0 Å². The number of nitrogens with zero attached hydrogens (tertiary/aromatic N) is 1. The maximum Gasteiger partial charge on any atom is 0.221 e. The summed E-state index contributed by atoms with van der Waals surface area (Å²) in [5.74, 6) is 0.935. The van der Waals surface area contributed by atoms with Crippen molar-refractivity contribution in [3.63, 3.8) is 0 Å². The van der Waals surface area contributed by atoms with E-state index in [4.69, 9.17) is 4.74 Å². The fourth-order valence-corrected chi connectivity index (χ4v) is 2.57. The minimum Gasteiger partial charge on any atom is -0.496 e. The van der Waals surface area contributed by atoms with E-state index < -0.39 is 0 Å². The number of methoxy groups -OCH3 is 1. The highest BCUT2D eigenvalue weighted by atomic mass is 16.5. The Morgan fingerprint density at radius 3 is 2.75 bits per heavy atom. The number of carbonyl (C=O) groups is 1. The number of carbonyl (C=O) groups excluding carboxylic acids is 1. The molecule has 1 amide bonds. The second kappa shape index (κ2) is 7.90. The maximum absolute atomic E-state index is 11.9. The molecule has 1 aliphatic rings. The first-order chi connectivity index (χ1) is 9.79. The summed E-state index contributed by atoms with van der Waals surface area (Å²) in [6, 6.07) is 7.78. The topological polar surface area (TPSA) is 41.6 Å². The molecule has 4 heteroatoms. The largest absolute Gasteiger partial charge is 0.496 e. The van der Waals surface area contributed by atoms with E-state index in [0.717, 1.165) is 30.9 Å². The van der Waals surface area contributed by atoms with E-state index in [2.05, 4.69) is 10.2 Å². The van der Waals surface area contributed by atoms with Gasteiger partial charge < -0.3 is 15.0 Å². The molecule has 4 nitrogen and oxygen atoms in total. The summed E-state index contributed by atoms with van der Waals surface area (Å²) >= 11 is 0. The molecule has 110 valence electrons. The van der Waals surface area contributed by atoms with Gasteiger partial charge in [0.05, 0.1) is 7.11 Å². The number of ether oxygens (including phenoxy) is 1. The molecule has 0 spiro atoms. The maximum atomic E-state index is 11.9. The van der Waals surface area contributed by atoms with Crippen molar-refractivity contribution in [3.8, 4) is 5.75 Å². The van der Waals surface area contributed by atoms with Crippen LogP contribution in [0.5, 0.6) is 5.75 Å². The lowest BCUT2D eigenvalue weighted by Gasteiger charge is -2.25. The molecule has 0 aromatic heterocycles. The van der Waals surface area contributed by atoms with Crippen LogP contribution in [0.25, 0.3) is 0 Å². The van der Waals surface area contributed by atoms with Crippen molar-refractivity contribution in [3.05, 3.63) is 29.8 Å². The van der Waals surface area contributed by atoms with Crippen LogP contribution in [0.1, 0.15) is 31.2 Å². The lowest BCUT2D eigenvalue weighted by atomic mass is 10.1. The van der Waals surface area contributed by atoms with Crippen LogP contribution in [0.3, 0.4) is 0 Å². The van der Waals surface area contributed by atoms with Gasteiger partial charge in [0.1, 0.15) is 5.75 Å². The second-order valence-electron chi connectivity index (χ2n) is 5.24. The minimum absolute atomic E-state index is 0.112. The Balaban J connectivity index is 1.71. The molecule has 1 aromatic rings. The number of likely N-dealkylation sites (tertiary alicyclic amines) is 1. The molecule has 1 heterocycles. The highest BCUT2D eigenvalue weighted by Crippen LogP contribution is 2.16. The highest BCUT2D eigenvalue weighted by molar-refractivity contribution is 5.76. The molecule has 1 aliphatic heterocycles. The van der Waals surface area contributed by atoms with Gasteiger partial charge in [-0.15, -0.1) is 0 Å². The van der Waals surface area contributed by atoms with Crippen molar-refractivity contribution in [2.24, 2.45) is 0 Å². The Hall–Kier alpha value is -1.55. The Bertz CT molecular complexity index is 428. The third kappa shape index (κ3) is 4.53. The average molecular weight is 276 g/mol. The zero-order chi connectivity index (χ0) is 14.2. The van der Waals surface area contributed by atoms with Gasteiger partial charge in [0, 0.05) is 25.1 Å². The van der Waals surface area contributed by atoms with Crippen LogP contribution in [0.4, 0.5) is 0 Å². The zero-order valence-corrected chi connectivity index (χ0v) is 12.2. The van der Waals surface area contributed by atoms with E-state index in [1.165, 1.54) is 19.3 Å². The number of nitrogens with one attached hydrogen (secondary N) is 1. The van der Waals surface area contributed by atoms with Gasteiger partial charge in [0.2, 0.25) is 5.91 Å². The zero-order valence-electron chi connectivity index (χ0n) is 12.2. The summed E-state index contributed by atoms with van der Waals surface area (Å²) in [4.78, 5) is 14.3. The van der Waals surface area contributed by atoms with Gasteiger partial charge in [-0.2, -0.15) is 0 Å². The van der Waals surface area contributed by atoms with Crippen LogP contribution in [-0.4, -0.2) is 37.6 Å². The standard InChI is InChI=1S/C16H24N2O2/c1-20-15-8-4-3-7-14(15)13-17-16(19)9-12-18-10-5-2-6-11-18/h3-4,7-8H,2,5-6,9-13H2,1H3,(H,17,19). The number of rotatable bonds is 6. The van der Waals surface area contributed by atoms with Gasteiger partial charge in [0.25, 0.3) is 0 Å². The van der Waals surface area contributed by atoms with Gasteiger partial charge in [0.15, 0.2) is 0 Å². The van der Waals surface area contributed by atoms with Gasteiger partial charge >= 0.3 is 0 Å². The van der Waals surface area contributed by atoms with Gasteiger partial charge in [-0.25, -0.2) is 0 Å². The minimum atomic E-state index is 0.112. The van der Waals surface area contributed by atoms with Crippen molar-refractivity contribution in [2.45, 2.75) is 32.2 Å². The molecular formula is C16H24N2O2. The third-order valence-corrected chi connectivity index (χ3v) is 3.77. The number of hydrogen-bond acceptors (Lipinski definition) is 3. The molecule has 0 atom stereocenters. The van der Waals surface area contributed by atoms with Crippen molar-refractivity contribution >= 4 is 5.91 Å². The molecule has 2 rings (SSSR count). The molecule has 1 fully saturated rings. The first kappa shape index (κ1) is 14.9. The van der Waals surface area contributed by atoms with Crippen molar-refractivity contribution < 1.29 is 9.53 Å². The van der Waals surface area contributed by atoms with Crippen LogP contribution in [0.15, 0.2) is 24.3 Å². The quantitative estimate of drug-likeness (QED) is 0.866. The van der Waals surface area contributed by atoms with Crippen LogP contribution < -0.4 is 10.1 Å². The van der Waals surface area contributed by atoms with Crippen LogP contribution >= 0.6 is 0 Å². The molecular weight excluding hydrogens is 252 g/mol. The number of benzene rings is 1. The Morgan fingerprint density at radius 1 is 1.25 bits per heavy atom. The monoisotopic (exact) mass is 276 g/mol. The predicted molar refractivity (Wildman–Crippen MR) is 79.7 cm³/mol. The summed E-state index contributed by atoms with van der Waals surface area (Å²) in [5, 5.41) is 2.97. The van der Waals surface area contributed by atoms with E-state index in [1.807, 2.05) is 24.3 Å². The van der Waals surface area contributed by atoms with Crippen molar-refractivity contribution in [1.29, 1.82) is 0 Å². The number of para-hydroxylation sites is 1. The van der Waals surface area contributed by atoms with Crippen LogP contribution in [0, 0.1) is 0 Å². The van der Waals surface area contributed by atoms with E-state index in [0.29, 0.717) is 13.0 Å². The number of piperidine rings is 1. The fourth-order valence-electron chi connectivity index (χ4n) is 2.57. The molecule has 20 heavy (non-hydrogen) atoms. The van der Waals surface area contributed by atoms with E-state index in [9.17, 15) is 4.79 Å². The normalized spacial score (nSPS) is 15.8. The van der Waals surface area contributed by atoms with Gasteiger partial charge in [-0.05, 0) is 32.0 Å². The lowest BCUT2D eigenvalue weighted by molar-refractivity contribution is -0.121. The van der Waals surface area contributed by atoms with Crippen molar-refractivity contribution in [1.82, 2.24) is 10.2 Å². The van der Waals surface area contributed by atoms with Gasteiger partial charge in [-0.1, -0.05) is 24.6 Å². The third-order valence-electron chi connectivity index (χ3n) is 3.77. The smallest absolute Gasteiger partial charge is 0.221 e. The Kier molecular flexibility index (Phi) is 5.87. The average Bonchev–Trinajstić information content (AvgIpc) is 2.52. The number of amides is 1. The Labute approximate surface area is 121 Å². The first-order valence-corrected chi connectivity index (χ1v) is 7.40. The molecule has 0 radical (unpaired) electrons. The Morgan fingerprint density at radius 2 is 2.00 bits per heavy atom. The summed E-state index contributed by atoms with van der Waals surface area (Å²) in [6.45, 7) is 3.68. The van der Waals surface area contributed by atoms with Crippen molar-refractivity contribution in [2.75, 3.05) is 26.7 Å². The molecule has 1 saturated heterocycles. The van der Waals surface area contributed by atoms with E-state index in [-0.39, 0.29) is 5.91 Å². The lowest BCUT2D eigenvalue weighted by Crippen LogP contribution is -2.34. The highest BCUT2D eigenvalue weighted by Gasteiger charge is 2.11. The van der Waals surface area contributed by atoms with Gasteiger partial charge in [-0.3, -0.25) is 4.79 Å². The molecule has 0 unspecified atom stereocenters. The predicted octanol–water partition coefficient (Wildman–Crippen LogP) is 2.19. The van der Waals surface area contributed by atoms with E-state index >= 15 is 0 Å². The summed E-state index contributed by atoms with van der Waals surface area (Å²) < 4.78 is 5.27. The van der Waals surface area contributed by atoms with Crippen LogP contribution in [-0.2, 0) is 11.3 Å². The van der Waals surface area contributed by atoms with E-state index in [1.54, 1.807) is 7.11 Å².